The van der Waals surface area contributed by atoms with Crippen molar-refractivity contribution in [2.24, 2.45) is 0 Å². The smallest absolute Gasteiger partial charge is 0.257 e. The van der Waals surface area contributed by atoms with Gasteiger partial charge in [0.25, 0.3) is 5.91 Å². The van der Waals surface area contributed by atoms with Crippen LogP contribution in [-0.2, 0) is 0 Å². The summed E-state index contributed by atoms with van der Waals surface area (Å²) < 4.78 is 5.13. The number of methoxy groups -OCH3 is 1. The first-order valence-corrected chi connectivity index (χ1v) is 5.81. The van der Waals surface area contributed by atoms with Crippen LogP contribution in [-0.4, -0.2) is 18.0 Å². The number of aromatic nitrogens is 1. The third-order valence-corrected chi connectivity index (χ3v) is 2.69. The van der Waals surface area contributed by atoms with E-state index in [1.54, 1.807) is 18.2 Å². The monoisotopic (exact) mass is 278 g/mol. The number of hydrogen-bond donors (Lipinski definition) is 2. The molecule has 6 heteroatoms. The Labute approximate surface area is 114 Å². The quantitative estimate of drug-likeness (QED) is 0.905. The molecule has 98 valence electrons. The van der Waals surface area contributed by atoms with Crippen LogP contribution in [0.15, 0.2) is 41.3 Å². The van der Waals surface area contributed by atoms with E-state index < -0.39 is 0 Å². The van der Waals surface area contributed by atoms with Gasteiger partial charge in [0.05, 0.1) is 18.4 Å². The van der Waals surface area contributed by atoms with Crippen LogP contribution in [0.25, 0.3) is 0 Å². The summed E-state index contributed by atoms with van der Waals surface area (Å²) in [6.07, 6.45) is 1.34. The third kappa shape index (κ3) is 3.14. The Morgan fingerprint density at radius 3 is 2.74 bits per heavy atom. The summed E-state index contributed by atoms with van der Waals surface area (Å²) in [4.78, 5) is 25.3. The van der Waals surface area contributed by atoms with Gasteiger partial charge < -0.3 is 15.0 Å². The zero-order valence-electron chi connectivity index (χ0n) is 10.1. The van der Waals surface area contributed by atoms with E-state index in [0.717, 1.165) is 0 Å². The molecule has 0 aliphatic carbocycles. The number of benzene rings is 1. The number of pyridine rings is 1. The summed E-state index contributed by atoms with van der Waals surface area (Å²) in [5.41, 5.74) is 0.532. The number of anilines is 1. The standard InChI is InChI=1S/C13H11ClN2O3/c1-19-11-4-3-9(14)6-10(11)16-13(18)8-2-5-12(17)15-7-8/h2-7H,1H3,(H,15,17)(H,16,18). The third-order valence-electron chi connectivity index (χ3n) is 2.46. The number of carbonyl (C=O) groups is 1. The second kappa shape index (κ2) is 5.58. The molecule has 0 unspecified atom stereocenters. The summed E-state index contributed by atoms with van der Waals surface area (Å²) in [5, 5.41) is 3.15. The lowest BCUT2D eigenvalue weighted by Gasteiger charge is -2.10. The molecular formula is C13H11ClN2O3. The van der Waals surface area contributed by atoms with Crippen LogP contribution in [0.3, 0.4) is 0 Å². The summed E-state index contributed by atoms with van der Waals surface area (Å²) >= 11 is 5.87. The van der Waals surface area contributed by atoms with Gasteiger partial charge in [0, 0.05) is 17.3 Å². The Hall–Kier alpha value is -2.27. The van der Waals surface area contributed by atoms with Crippen LogP contribution >= 0.6 is 11.6 Å². The SMILES string of the molecule is COc1ccc(Cl)cc1NC(=O)c1ccc(=O)[nH]c1. The first-order valence-electron chi connectivity index (χ1n) is 5.44. The Morgan fingerprint density at radius 1 is 1.32 bits per heavy atom. The zero-order valence-corrected chi connectivity index (χ0v) is 10.8. The van der Waals surface area contributed by atoms with Crippen molar-refractivity contribution in [1.29, 1.82) is 0 Å². The Morgan fingerprint density at radius 2 is 2.11 bits per heavy atom. The summed E-state index contributed by atoms with van der Waals surface area (Å²) in [6.45, 7) is 0. The molecule has 2 aromatic rings. The summed E-state index contributed by atoms with van der Waals surface area (Å²) in [7, 11) is 1.50. The molecule has 0 bridgehead atoms. The zero-order chi connectivity index (χ0) is 13.8. The lowest BCUT2D eigenvalue weighted by Crippen LogP contribution is -2.15. The average molecular weight is 279 g/mol. The fraction of sp³-hybridized carbons (Fsp3) is 0.0769. The van der Waals surface area contributed by atoms with Gasteiger partial charge in [-0.3, -0.25) is 9.59 Å². The maximum absolute atomic E-state index is 12.0. The molecule has 1 aromatic carbocycles. The highest BCUT2D eigenvalue weighted by atomic mass is 35.5. The predicted molar refractivity (Wildman–Crippen MR) is 73.0 cm³/mol. The highest BCUT2D eigenvalue weighted by Crippen LogP contribution is 2.27. The van der Waals surface area contributed by atoms with Gasteiger partial charge in [0.15, 0.2) is 0 Å². The van der Waals surface area contributed by atoms with E-state index in [4.69, 9.17) is 16.3 Å². The molecule has 0 saturated heterocycles. The van der Waals surface area contributed by atoms with Crippen LogP contribution in [0.4, 0.5) is 5.69 Å². The predicted octanol–water partition coefficient (Wildman–Crippen LogP) is 2.29. The molecule has 0 fully saturated rings. The molecule has 1 aromatic heterocycles. The molecule has 0 spiro atoms. The van der Waals surface area contributed by atoms with Crippen LogP contribution in [0, 0.1) is 0 Å². The minimum atomic E-state index is -0.364. The number of nitrogens with one attached hydrogen (secondary N) is 2. The number of hydrogen-bond acceptors (Lipinski definition) is 3. The largest absolute Gasteiger partial charge is 0.495 e. The Balaban J connectivity index is 2.25. The van der Waals surface area contributed by atoms with Gasteiger partial charge in [-0.1, -0.05) is 11.6 Å². The number of carbonyl (C=O) groups excluding carboxylic acids is 1. The van der Waals surface area contributed by atoms with Gasteiger partial charge in [0.2, 0.25) is 5.56 Å². The number of ether oxygens (including phenoxy) is 1. The van der Waals surface area contributed by atoms with Crippen LogP contribution in [0.2, 0.25) is 5.02 Å². The van der Waals surface area contributed by atoms with Gasteiger partial charge in [-0.05, 0) is 24.3 Å². The Bertz CT molecular complexity index is 647. The molecule has 0 radical (unpaired) electrons. The fourth-order valence-electron chi connectivity index (χ4n) is 1.52. The molecule has 1 heterocycles. The van der Waals surface area contributed by atoms with E-state index in [0.29, 0.717) is 22.0 Å². The highest BCUT2D eigenvalue weighted by molar-refractivity contribution is 6.31. The first kappa shape index (κ1) is 13.2. The number of amides is 1. The average Bonchev–Trinajstić information content (AvgIpc) is 2.39. The van der Waals surface area contributed by atoms with Crippen molar-refractivity contribution in [3.8, 4) is 5.75 Å². The van der Waals surface area contributed by atoms with Crippen molar-refractivity contribution in [1.82, 2.24) is 4.98 Å². The number of aromatic amines is 1. The lowest BCUT2D eigenvalue weighted by atomic mass is 10.2. The van der Waals surface area contributed by atoms with Crippen LogP contribution in [0.1, 0.15) is 10.4 Å². The van der Waals surface area contributed by atoms with Gasteiger partial charge in [-0.2, -0.15) is 0 Å². The van der Waals surface area contributed by atoms with Crippen molar-refractivity contribution in [2.45, 2.75) is 0 Å². The second-order valence-electron chi connectivity index (χ2n) is 3.74. The molecule has 2 N–H and O–H groups in total. The molecule has 0 aliphatic heterocycles. The molecule has 5 nitrogen and oxygen atoms in total. The van der Waals surface area contributed by atoms with Crippen molar-refractivity contribution in [3.05, 3.63) is 57.5 Å². The van der Waals surface area contributed by atoms with Crippen LogP contribution in [0.5, 0.6) is 5.75 Å². The molecule has 2 rings (SSSR count). The maximum atomic E-state index is 12.0. The van der Waals surface area contributed by atoms with E-state index in [1.165, 1.54) is 25.4 Å². The molecule has 0 aliphatic rings. The topological polar surface area (TPSA) is 71.2 Å². The van der Waals surface area contributed by atoms with E-state index in [-0.39, 0.29) is 11.5 Å². The minimum absolute atomic E-state index is 0.267. The lowest BCUT2D eigenvalue weighted by molar-refractivity contribution is 0.102. The molecular weight excluding hydrogens is 268 g/mol. The van der Waals surface area contributed by atoms with Gasteiger partial charge >= 0.3 is 0 Å². The van der Waals surface area contributed by atoms with Gasteiger partial charge in [0.1, 0.15) is 5.75 Å². The highest BCUT2D eigenvalue weighted by Gasteiger charge is 2.10. The van der Waals surface area contributed by atoms with E-state index >= 15 is 0 Å². The van der Waals surface area contributed by atoms with E-state index in [2.05, 4.69) is 10.3 Å². The van der Waals surface area contributed by atoms with Crippen molar-refractivity contribution < 1.29 is 9.53 Å². The number of halogens is 1. The number of H-pyrrole nitrogens is 1. The van der Waals surface area contributed by atoms with Crippen LogP contribution < -0.4 is 15.6 Å². The molecule has 0 atom stereocenters. The summed E-state index contributed by atoms with van der Waals surface area (Å²) in [5.74, 6) is 0.138. The Kier molecular flexibility index (Phi) is 3.87. The van der Waals surface area contributed by atoms with Crippen molar-refractivity contribution >= 4 is 23.2 Å². The molecule has 19 heavy (non-hydrogen) atoms. The first-order chi connectivity index (χ1) is 9.10. The fourth-order valence-corrected chi connectivity index (χ4v) is 1.70. The molecule has 0 saturated carbocycles. The second-order valence-corrected chi connectivity index (χ2v) is 4.18. The normalized spacial score (nSPS) is 10.0. The van der Waals surface area contributed by atoms with E-state index in [9.17, 15) is 9.59 Å². The number of rotatable bonds is 3. The summed E-state index contributed by atoms with van der Waals surface area (Å²) in [6, 6.07) is 7.63. The van der Waals surface area contributed by atoms with E-state index in [1.807, 2.05) is 0 Å². The maximum Gasteiger partial charge on any atom is 0.257 e. The molecule has 1 amide bonds. The van der Waals surface area contributed by atoms with Crippen molar-refractivity contribution in [3.63, 3.8) is 0 Å². The van der Waals surface area contributed by atoms with Gasteiger partial charge in [-0.15, -0.1) is 0 Å². The van der Waals surface area contributed by atoms with Crippen molar-refractivity contribution in [2.75, 3.05) is 12.4 Å². The minimum Gasteiger partial charge on any atom is -0.495 e. The van der Waals surface area contributed by atoms with Gasteiger partial charge in [-0.25, -0.2) is 0 Å².